The highest BCUT2D eigenvalue weighted by Crippen LogP contribution is 2.02. The molecule has 0 bridgehead atoms. The summed E-state index contributed by atoms with van der Waals surface area (Å²) >= 11 is 0. The van der Waals surface area contributed by atoms with Crippen molar-refractivity contribution < 1.29 is 14.6 Å². The van der Waals surface area contributed by atoms with Crippen molar-refractivity contribution in [2.75, 3.05) is 26.9 Å². The predicted molar refractivity (Wildman–Crippen MR) is 61.1 cm³/mol. The van der Waals surface area contributed by atoms with Crippen LogP contribution in [-0.4, -0.2) is 49.7 Å². The maximum absolute atomic E-state index is 9.60. The number of methoxy groups -OCH3 is 1. The molecule has 0 aromatic heterocycles. The Morgan fingerprint density at radius 2 is 1.93 bits per heavy atom. The van der Waals surface area contributed by atoms with Crippen molar-refractivity contribution in [3.05, 3.63) is 0 Å². The first-order valence-corrected chi connectivity index (χ1v) is 5.41. The smallest absolute Gasteiger partial charge is 0.0898 e. The van der Waals surface area contributed by atoms with E-state index in [2.05, 4.69) is 5.32 Å². The summed E-state index contributed by atoms with van der Waals surface area (Å²) in [4.78, 5) is 0. The summed E-state index contributed by atoms with van der Waals surface area (Å²) in [6, 6.07) is 0. The molecule has 0 amide bonds. The molecule has 0 radical (unpaired) electrons. The Morgan fingerprint density at radius 3 is 2.40 bits per heavy atom. The van der Waals surface area contributed by atoms with Crippen LogP contribution >= 0.6 is 0 Å². The van der Waals surface area contributed by atoms with Crippen molar-refractivity contribution in [3.8, 4) is 0 Å². The number of nitrogens with one attached hydrogen (secondary N) is 1. The molecule has 0 aromatic rings. The molecule has 0 saturated heterocycles. The number of aliphatic hydroxyl groups excluding tert-OH is 1. The van der Waals surface area contributed by atoms with Crippen molar-refractivity contribution in [2.45, 2.75) is 45.4 Å². The summed E-state index contributed by atoms with van der Waals surface area (Å²) in [7, 11) is 1.67. The Balaban J connectivity index is 3.65. The average Bonchev–Trinajstić information content (AvgIpc) is 2.11. The van der Waals surface area contributed by atoms with Gasteiger partial charge < -0.3 is 19.9 Å². The van der Waals surface area contributed by atoms with E-state index in [1.165, 1.54) is 0 Å². The van der Waals surface area contributed by atoms with Crippen molar-refractivity contribution in [3.63, 3.8) is 0 Å². The molecular formula is C11H25NO3. The minimum atomic E-state index is -0.469. The lowest BCUT2D eigenvalue weighted by atomic mass is 10.1. The molecule has 4 heteroatoms. The highest BCUT2D eigenvalue weighted by atomic mass is 16.5. The van der Waals surface area contributed by atoms with Gasteiger partial charge in [0.05, 0.1) is 25.4 Å². The number of hydrogen-bond acceptors (Lipinski definition) is 4. The molecule has 0 fully saturated rings. The van der Waals surface area contributed by atoms with E-state index in [0.29, 0.717) is 19.8 Å². The van der Waals surface area contributed by atoms with Crippen LogP contribution in [0.25, 0.3) is 0 Å². The van der Waals surface area contributed by atoms with Gasteiger partial charge in [-0.15, -0.1) is 0 Å². The van der Waals surface area contributed by atoms with Crippen LogP contribution in [-0.2, 0) is 9.47 Å². The summed E-state index contributed by atoms with van der Waals surface area (Å²) in [6.07, 6.45) is -0.310. The second kappa shape index (κ2) is 7.17. The maximum Gasteiger partial charge on any atom is 0.0898 e. The van der Waals surface area contributed by atoms with Gasteiger partial charge in [0.1, 0.15) is 0 Å². The second-order valence-electron chi connectivity index (χ2n) is 4.73. The third-order valence-corrected chi connectivity index (χ3v) is 1.94. The van der Waals surface area contributed by atoms with E-state index in [1.807, 2.05) is 27.7 Å². The van der Waals surface area contributed by atoms with Gasteiger partial charge in [-0.25, -0.2) is 0 Å². The van der Waals surface area contributed by atoms with Gasteiger partial charge in [0.2, 0.25) is 0 Å². The Hall–Kier alpha value is -0.160. The fourth-order valence-corrected chi connectivity index (χ4v) is 1.17. The van der Waals surface area contributed by atoms with Crippen molar-refractivity contribution in [2.24, 2.45) is 0 Å². The predicted octanol–water partition coefficient (Wildman–Crippen LogP) is 0.787. The van der Waals surface area contributed by atoms with E-state index >= 15 is 0 Å². The zero-order valence-electron chi connectivity index (χ0n) is 10.5. The molecule has 92 valence electrons. The van der Waals surface area contributed by atoms with Gasteiger partial charge >= 0.3 is 0 Å². The standard InChI is InChI=1S/C11H25NO3/c1-9(2)15-7-10(13)6-12-11(3,4)8-14-5/h9-10,12-13H,6-8H2,1-5H3. The largest absolute Gasteiger partial charge is 0.389 e. The third kappa shape index (κ3) is 8.81. The number of ether oxygens (including phenoxy) is 2. The van der Waals surface area contributed by atoms with Crippen LogP contribution in [0.4, 0.5) is 0 Å². The molecule has 15 heavy (non-hydrogen) atoms. The minimum absolute atomic E-state index is 0.117. The van der Waals surface area contributed by atoms with Crippen LogP contribution in [0.3, 0.4) is 0 Å². The molecule has 1 unspecified atom stereocenters. The SMILES string of the molecule is COCC(C)(C)NCC(O)COC(C)C. The molecule has 0 aliphatic rings. The number of rotatable bonds is 8. The summed E-state index contributed by atoms with van der Waals surface area (Å²) in [5.74, 6) is 0. The molecule has 0 rings (SSSR count). The molecule has 0 aliphatic carbocycles. The number of aliphatic hydroxyl groups is 1. The van der Waals surface area contributed by atoms with Crippen LogP contribution < -0.4 is 5.32 Å². The summed E-state index contributed by atoms with van der Waals surface area (Å²) in [5, 5.41) is 12.8. The minimum Gasteiger partial charge on any atom is -0.389 e. The van der Waals surface area contributed by atoms with Gasteiger partial charge in [-0.1, -0.05) is 0 Å². The fraction of sp³-hybridized carbons (Fsp3) is 1.00. The Morgan fingerprint density at radius 1 is 1.33 bits per heavy atom. The molecule has 0 heterocycles. The van der Waals surface area contributed by atoms with Gasteiger partial charge in [-0.05, 0) is 27.7 Å². The Bertz CT molecular complexity index is 160. The van der Waals surface area contributed by atoms with E-state index in [1.54, 1.807) is 7.11 Å². The molecule has 0 aliphatic heterocycles. The van der Waals surface area contributed by atoms with E-state index in [9.17, 15) is 5.11 Å². The quantitative estimate of drug-likeness (QED) is 0.633. The van der Waals surface area contributed by atoms with Crippen molar-refractivity contribution >= 4 is 0 Å². The second-order valence-corrected chi connectivity index (χ2v) is 4.73. The van der Waals surface area contributed by atoms with Crippen LogP contribution in [0.1, 0.15) is 27.7 Å². The van der Waals surface area contributed by atoms with Crippen LogP contribution in [0.5, 0.6) is 0 Å². The maximum atomic E-state index is 9.60. The lowest BCUT2D eigenvalue weighted by Gasteiger charge is -2.27. The van der Waals surface area contributed by atoms with Crippen molar-refractivity contribution in [1.82, 2.24) is 5.32 Å². The van der Waals surface area contributed by atoms with E-state index in [0.717, 1.165) is 0 Å². The van der Waals surface area contributed by atoms with Gasteiger partial charge in [-0.2, -0.15) is 0 Å². The molecule has 0 spiro atoms. The molecule has 0 saturated carbocycles. The van der Waals surface area contributed by atoms with E-state index in [-0.39, 0.29) is 11.6 Å². The van der Waals surface area contributed by atoms with E-state index in [4.69, 9.17) is 9.47 Å². The van der Waals surface area contributed by atoms with Crippen LogP contribution in [0.15, 0.2) is 0 Å². The number of β-amino-alcohol motifs (C(OH)–C–C–N with tert-alkyl or cyclic N) is 1. The third-order valence-electron chi connectivity index (χ3n) is 1.94. The summed E-state index contributed by atoms with van der Waals surface area (Å²) in [5.41, 5.74) is -0.117. The molecule has 4 nitrogen and oxygen atoms in total. The molecule has 2 N–H and O–H groups in total. The van der Waals surface area contributed by atoms with Gasteiger partial charge in [-0.3, -0.25) is 0 Å². The zero-order chi connectivity index (χ0) is 11.9. The lowest BCUT2D eigenvalue weighted by Crippen LogP contribution is -2.47. The summed E-state index contributed by atoms with van der Waals surface area (Å²) < 4.78 is 10.4. The average molecular weight is 219 g/mol. The van der Waals surface area contributed by atoms with Gasteiger partial charge in [0.15, 0.2) is 0 Å². The first kappa shape index (κ1) is 14.8. The van der Waals surface area contributed by atoms with Gasteiger partial charge in [0, 0.05) is 19.2 Å². The number of hydrogen-bond donors (Lipinski definition) is 2. The first-order valence-electron chi connectivity index (χ1n) is 5.41. The molecule has 1 atom stereocenters. The summed E-state index contributed by atoms with van der Waals surface area (Å²) in [6.45, 7) is 9.48. The van der Waals surface area contributed by atoms with Crippen LogP contribution in [0, 0.1) is 0 Å². The normalized spacial score (nSPS) is 14.6. The zero-order valence-corrected chi connectivity index (χ0v) is 10.5. The monoisotopic (exact) mass is 219 g/mol. The van der Waals surface area contributed by atoms with Crippen molar-refractivity contribution in [1.29, 1.82) is 0 Å². The fourth-order valence-electron chi connectivity index (χ4n) is 1.17. The van der Waals surface area contributed by atoms with Crippen LogP contribution in [0.2, 0.25) is 0 Å². The molecule has 0 aromatic carbocycles. The first-order chi connectivity index (χ1) is 6.87. The highest BCUT2D eigenvalue weighted by Gasteiger charge is 2.18. The Labute approximate surface area is 93.0 Å². The van der Waals surface area contributed by atoms with Gasteiger partial charge in [0.25, 0.3) is 0 Å². The Kier molecular flexibility index (Phi) is 7.09. The lowest BCUT2D eigenvalue weighted by molar-refractivity contribution is 0.00184. The molecular weight excluding hydrogens is 194 g/mol. The van der Waals surface area contributed by atoms with E-state index < -0.39 is 6.10 Å². The topological polar surface area (TPSA) is 50.7 Å². The highest BCUT2D eigenvalue weighted by molar-refractivity contribution is 4.78.